The zero-order valence-corrected chi connectivity index (χ0v) is 15.9. The van der Waals surface area contributed by atoms with Gasteiger partial charge in [-0.3, -0.25) is 9.59 Å². The van der Waals surface area contributed by atoms with Crippen LogP contribution in [0.5, 0.6) is 11.5 Å². The predicted molar refractivity (Wildman–Crippen MR) is 105 cm³/mol. The molecule has 2 aromatic carbocycles. The van der Waals surface area contributed by atoms with Crippen molar-refractivity contribution < 1.29 is 14.3 Å². The molecule has 1 amide bonds. The summed E-state index contributed by atoms with van der Waals surface area (Å²) in [6.45, 7) is 4.49. The van der Waals surface area contributed by atoms with Crippen LogP contribution in [0.15, 0.2) is 54.6 Å². The number of carbonyl (C=O) groups excluding carboxylic acids is 2. The summed E-state index contributed by atoms with van der Waals surface area (Å²) in [5, 5.41) is 0. The van der Waals surface area contributed by atoms with Crippen molar-refractivity contribution in [1.29, 1.82) is 0 Å². The third kappa shape index (κ3) is 4.74. The highest BCUT2D eigenvalue weighted by Crippen LogP contribution is 2.25. The molecule has 0 aliphatic carbocycles. The van der Waals surface area contributed by atoms with E-state index in [1.165, 1.54) is 0 Å². The minimum atomic E-state index is -0.915. The van der Waals surface area contributed by atoms with Gasteiger partial charge in [-0.25, -0.2) is 0 Å². The number of likely N-dealkylation sites (tertiary alicyclic amines) is 1. The maximum absolute atomic E-state index is 12.9. The number of ketones is 1. The van der Waals surface area contributed by atoms with Crippen LogP contribution < -0.4 is 10.5 Å². The van der Waals surface area contributed by atoms with Gasteiger partial charge in [-0.05, 0) is 63.1 Å². The molecular formula is C22H26N2O3. The molecule has 0 aromatic heterocycles. The van der Waals surface area contributed by atoms with Crippen LogP contribution in [0, 0.1) is 5.92 Å². The average Bonchev–Trinajstić information content (AvgIpc) is 2.67. The Kier molecular flexibility index (Phi) is 5.61. The first-order valence-electron chi connectivity index (χ1n) is 9.30. The molecule has 1 heterocycles. The quantitative estimate of drug-likeness (QED) is 0.820. The van der Waals surface area contributed by atoms with Crippen LogP contribution in [0.3, 0.4) is 0 Å². The van der Waals surface area contributed by atoms with Crippen molar-refractivity contribution in [3.63, 3.8) is 0 Å². The van der Waals surface area contributed by atoms with Gasteiger partial charge in [0.25, 0.3) is 0 Å². The highest BCUT2D eigenvalue weighted by Gasteiger charge is 2.34. The number of hydrogen-bond acceptors (Lipinski definition) is 4. The molecule has 3 rings (SSSR count). The number of para-hydroxylation sites is 1. The SMILES string of the molecule is CC(C)(N)C(=O)N1CCC[C@@H](C(=O)c2ccc(Oc3ccccc3)cc2)C1. The molecule has 5 heteroatoms. The van der Waals surface area contributed by atoms with E-state index in [4.69, 9.17) is 10.5 Å². The van der Waals surface area contributed by atoms with E-state index in [-0.39, 0.29) is 17.6 Å². The van der Waals surface area contributed by atoms with Gasteiger partial charge < -0.3 is 15.4 Å². The Balaban J connectivity index is 1.65. The van der Waals surface area contributed by atoms with Gasteiger partial charge in [0.1, 0.15) is 11.5 Å². The van der Waals surface area contributed by atoms with Gasteiger partial charge in [0.2, 0.25) is 5.91 Å². The van der Waals surface area contributed by atoms with Gasteiger partial charge in [0.15, 0.2) is 5.78 Å². The standard InChI is InChI=1S/C22H26N2O3/c1-22(2,23)21(26)24-14-6-7-17(15-24)20(25)16-10-12-19(13-11-16)27-18-8-4-3-5-9-18/h3-5,8-13,17H,6-7,14-15,23H2,1-2H3/t17-/m1/s1. The molecule has 0 saturated carbocycles. The first kappa shape index (κ1) is 19.1. The van der Waals surface area contributed by atoms with Crippen LogP contribution in [-0.4, -0.2) is 35.2 Å². The molecule has 0 unspecified atom stereocenters. The number of amides is 1. The van der Waals surface area contributed by atoms with Crippen molar-refractivity contribution in [3.8, 4) is 11.5 Å². The molecule has 1 fully saturated rings. The van der Waals surface area contributed by atoms with Crippen molar-refractivity contribution in [1.82, 2.24) is 4.90 Å². The third-order valence-electron chi connectivity index (χ3n) is 4.75. The molecule has 5 nitrogen and oxygen atoms in total. The minimum Gasteiger partial charge on any atom is -0.457 e. The van der Waals surface area contributed by atoms with Crippen LogP contribution in [0.1, 0.15) is 37.0 Å². The number of benzene rings is 2. The van der Waals surface area contributed by atoms with Crippen molar-refractivity contribution in [2.24, 2.45) is 11.7 Å². The smallest absolute Gasteiger partial charge is 0.242 e. The molecule has 1 saturated heterocycles. The van der Waals surface area contributed by atoms with E-state index in [1.54, 1.807) is 43.0 Å². The van der Waals surface area contributed by atoms with Crippen LogP contribution >= 0.6 is 0 Å². The summed E-state index contributed by atoms with van der Waals surface area (Å²) in [6, 6.07) is 16.7. The number of nitrogens with zero attached hydrogens (tertiary/aromatic N) is 1. The lowest BCUT2D eigenvalue weighted by Gasteiger charge is -2.35. The van der Waals surface area contributed by atoms with Crippen LogP contribution in [0.25, 0.3) is 0 Å². The molecule has 0 radical (unpaired) electrons. The summed E-state index contributed by atoms with van der Waals surface area (Å²) in [6.07, 6.45) is 1.60. The lowest BCUT2D eigenvalue weighted by Crippen LogP contribution is -2.54. The highest BCUT2D eigenvalue weighted by atomic mass is 16.5. The molecule has 1 aliphatic rings. The molecule has 0 bridgehead atoms. The van der Waals surface area contributed by atoms with Gasteiger partial charge >= 0.3 is 0 Å². The van der Waals surface area contributed by atoms with Crippen LogP contribution in [0.4, 0.5) is 0 Å². The van der Waals surface area contributed by atoms with E-state index >= 15 is 0 Å². The zero-order chi connectivity index (χ0) is 19.4. The Labute approximate surface area is 160 Å². The highest BCUT2D eigenvalue weighted by molar-refractivity contribution is 5.98. The lowest BCUT2D eigenvalue weighted by atomic mass is 9.89. The Bertz CT molecular complexity index is 795. The first-order valence-corrected chi connectivity index (χ1v) is 9.30. The Morgan fingerprint density at radius 3 is 2.30 bits per heavy atom. The second-order valence-electron chi connectivity index (χ2n) is 7.62. The second kappa shape index (κ2) is 7.92. The minimum absolute atomic E-state index is 0.0635. The molecule has 1 atom stereocenters. The largest absolute Gasteiger partial charge is 0.457 e. The number of nitrogens with two attached hydrogens (primary N) is 1. The van der Waals surface area contributed by atoms with E-state index in [2.05, 4.69) is 0 Å². The summed E-state index contributed by atoms with van der Waals surface area (Å²) < 4.78 is 5.77. The van der Waals surface area contributed by atoms with E-state index < -0.39 is 5.54 Å². The topological polar surface area (TPSA) is 72.6 Å². The summed E-state index contributed by atoms with van der Waals surface area (Å²) in [4.78, 5) is 27.0. The third-order valence-corrected chi connectivity index (χ3v) is 4.75. The van der Waals surface area contributed by atoms with Crippen LogP contribution in [-0.2, 0) is 4.79 Å². The number of hydrogen-bond donors (Lipinski definition) is 1. The van der Waals surface area contributed by atoms with Crippen molar-refractivity contribution in [2.75, 3.05) is 13.1 Å². The second-order valence-corrected chi connectivity index (χ2v) is 7.62. The molecule has 0 spiro atoms. The summed E-state index contributed by atoms with van der Waals surface area (Å²) in [5.41, 5.74) is 5.66. The molecule has 2 aromatic rings. The predicted octanol–water partition coefficient (Wildman–Crippen LogP) is 3.64. The van der Waals surface area contributed by atoms with Gasteiger partial charge in [-0.1, -0.05) is 18.2 Å². The fraction of sp³-hybridized carbons (Fsp3) is 0.364. The normalized spacial score (nSPS) is 17.4. The maximum atomic E-state index is 12.9. The van der Waals surface area contributed by atoms with Gasteiger partial charge in [-0.2, -0.15) is 0 Å². The van der Waals surface area contributed by atoms with Crippen molar-refractivity contribution in [3.05, 3.63) is 60.2 Å². The Hall–Kier alpha value is -2.66. The monoisotopic (exact) mass is 366 g/mol. The summed E-state index contributed by atoms with van der Waals surface area (Å²) >= 11 is 0. The van der Waals surface area contributed by atoms with Gasteiger partial charge in [0, 0.05) is 24.6 Å². The molecule has 2 N–H and O–H groups in total. The van der Waals surface area contributed by atoms with Crippen molar-refractivity contribution >= 4 is 11.7 Å². The number of rotatable bonds is 5. The molecule has 142 valence electrons. The average molecular weight is 366 g/mol. The Morgan fingerprint density at radius 2 is 1.67 bits per heavy atom. The van der Waals surface area contributed by atoms with E-state index in [0.717, 1.165) is 18.6 Å². The maximum Gasteiger partial charge on any atom is 0.242 e. The van der Waals surface area contributed by atoms with Gasteiger partial charge in [-0.15, -0.1) is 0 Å². The van der Waals surface area contributed by atoms with Crippen LogP contribution in [0.2, 0.25) is 0 Å². The van der Waals surface area contributed by atoms with E-state index in [0.29, 0.717) is 24.4 Å². The number of ether oxygens (including phenoxy) is 1. The lowest BCUT2D eigenvalue weighted by molar-refractivity contribution is -0.137. The summed E-state index contributed by atoms with van der Waals surface area (Å²) in [5.74, 6) is 1.21. The number of Topliss-reactive ketones (excluding diaryl/α,β-unsaturated/α-hetero) is 1. The number of piperidine rings is 1. The molecule has 1 aliphatic heterocycles. The number of carbonyl (C=O) groups is 2. The van der Waals surface area contributed by atoms with Crippen molar-refractivity contribution in [2.45, 2.75) is 32.2 Å². The fourth-order valence-electron chi connectivity index (χ4n) is 3.33. The first-order chi connectivity index (χ1) is 12.8. The fourth-order valence-corrected chi connectivity index (χ4v) is 3.33. The van der Waals surface area contributed by atoms with Gasteiger partial charge in [0.05, 0.1) is 5.54 Å². The zero-order valence-electron chi connectivity index (χ0n) is 15.9. The molecular weight excluding hydrogens is 340 g/mol. The Morgan fingerprint density at radius 1 is 1.04 bits per heavy atom. The van der Waals surface area contributed by atoms with E-state index in [9.17, 15) is 9.59 Å². The van der Waals surface area contributed by atoms with E-state index in [1.807, 2.05) is 30.3 Å². The summed E-state index contributed by atoms with van der Waals surface area (Å²) in [7, 11) is 0. The molecule has 27 heavy (non-hydrogen) atoms.